The van der Waals surface area contributed by atoms with E-state index in [9.17, 15) is 13.2 Å². The quantitative estimate of drug-likeness (QED) is 0.411. The lowest BCUT2D eigenvalue weighted by Gasteiger charge is -2.24. The number of carbonyl (C=O) groups is 1. The van der Waals surface area contributed by atoms with E-state index in [0.29, 0.717) is 22.8 Å². The van der Waals surface area contributed by atoms with Gasteiger partial charge in [0.15, 0.2) is 11.5 Å². The van der Waals surface area contributed by atoms with E-state index in [-0.39, 0.29) is 36.1 Å². The van der Waals surface area contributed by atoms with Crippen LogP contribution in [0.3, 0.4) is 0 Å². The second kappa shape index (κ2) is 10.3. The Balaban J connectivity index is 2.01. The van der Waals surface area contributed by atoms with Crippen molar-refractivity contribution in [2.45, 2.75) is 13.1 Å². The third-order valence-electron chi connectivity index (χ3n) is 4.70. The number of carbonyl (C=O) groups excluding carboxylic acids is 1. The minimum atomic E-state index is -3.78. The van der Waals surface area contributed by atoms with Crippen LogP contribution in [0.15, 0.2) is 59.2 Å². The van der Waals surface area contributed by atoms with Gasteiger partial charge >= 0.3 is 10.1 Å². The van der Waals surface area contributed by atoms with E-state index in [2.05, 4.69) is 0 Å². The standard InChI is InChI=1S/C23H25NO8S/c1-28-18-11-10-16(13-21(18)32-33(4,26)27)14-24(15-17-7-6-12-31-17)23(25)22-19(29-2)8-5-9-20(22)30-3/h5-13H,14-15H2,1-4H3. The Hall–Kier alpha value is -3.66. The van der Waals surface area contributed by atoms with Gasteiger partial charge in [0.1, 0.15) is 22.8 Å². The van der Waals surface area contributed by atoms with Crippen LogP contribution in [0.1, 0.15) is 21.7 Å². The van der Waals surface area contributed by atoms with Crippen LogP contribution in [0.4, 0.5) is 0 Å². The Morgan fingerprint density at radius 3 is 2.09 bits per heavy atom. The van der Waals surface area contributed by atoms with Crippen molar-refractivity contribution in [2.24, 2.45) is 0 Å². The number of furan rings is 1. The number of amides is 1. The van der Waals surface area contributed by atoms with Gasteiger partial charge in [-0.05, 0) is 42.0 Å². The summed E-state index contributed by atoms with van der Waals surface area (Å²) in [7, 11) is 0.571. The normalized spacial score (nSPS) is 11.0. The predicted octanol–water partition coefficient (Wildman–Crippen LogP) is 3.49. The number of rotatable bonds is 10. The number of hydrogen-bond acceptors (Lipinski definition) is 8. The molecule has 176 valence electrons. The molecule has 3 aromatic rings. The van der Waals surface area contributed by atoms with Gasteiger partial charge in [-0.15, -0.1) is 0 Å². The highest BCUT2D eigenvalue weighted by Crippen LogP contribution is 2.33. The largest absolute Gasteiger partial charge is 0.496 e. The zero-order valence-corrected chi connectivity index (χ0v) is 19.5. The minimum Gasteiger partial charge on any atom is -0.496 e. The van der Waals surface area contributed by atoms with E-state index < -0.39 is 10.1 Å². The van der Waals surface area contributed by atoms with Crippen molar-refractivity contribution in [1.82, 2.24) is 4.90 Å². The van der Waals surface area contributed by atoms with Crippen LogP contribution < -0.4 is 18.4 Å². The highest BCUT2D eigenvalue weighted by molar-refractivity contribution is 7.86. The van der Waals surface area contributed by atoms with Gasteiger partial charge in [0.2, 0.25) is 0 Å². The monoisotopic (exact) mass is 475 g/mol. The van der Waals surface area contributed by atoms with Gasteiger partial charge in [0.05, 0.1) is 40.4 Å². The molecule has 0 atom stereocenters. The second-order valence-electron chi connectivity index (χ2n) is 7.05. The van der Waals surface area contributed by atoms with Crippen LogP contribution in [0.25, 0.3) is 0 Å². The summed E-state index contributed by atoms with van der Waals surface area (Å²) in [6.45, 7) is 0.270. The van der Waals surface area contributed by atoms with Crippen molar-refractivity contribution in [3.8, 4) is 23.0 Å². The first-order valence-electron chi connectivity index (χ1n) is 9.84. The van der Waals surface area contributed by atoms with Gasteiger partial charge in [0, 0.05) is 6.54 Å². The lowest BCUT2D eigenvalue weighted by atomic mass is 10.1. The molecule has 0 saturated heterocycles. The maximum absolute atomic E-state index is 13.6. The number of nitrogens with zero attached hydrogens (tertiary/aromatic N) is 1. The summed E-state index contributed by atoms with van der Waals surface area (Å²) < 4.78 is 49.8. The van der Waals surface area contributed by atoms with E-state index in [4.69, 9.17) is 22.8 Å². The van der Waals surface area contributed by atoms with Crippen LogP contribution in [0.2, 0.25) is 0 Å². The van der Waals surface area contributed by atoms with Crippen LogP contribution in [-0.2, 0) is 23.2 Å². The third kappa shape index (κ3) is 5.98. The fourth-order valence-electron chi connectivity index (χ4n) is 3.28. The van der Waals surface area contributed by atoms with Gasteiger partial charge in [-0.2, -0.15) is 8.42 Å². The Kier molecular flexibility index (Phi) is 7.49. The highest BCUT2D eigenvalue weighted by atomic mass is 32.2. The van der Waals surface area contributed by atoms with Crippen molar-refractivity contribution in [3.05, 3.63) is 71.7 Å². The summed E-state index contributed by atoms with van der Waals surface area (Å²) in [5, 5.41) is 0. The molecule has 3 rings (SSSR count). The van der Waals surface area contributed by atoms with Crippen molar-refractivity contribution >= 4 is 16.0 Å². The summed E-state index contributed by atoms with van der Waals surface area (Å²) >= 11 is 0. The first-order valence-corrected chi connectivity index (χ1v) is 11.7. The van der Waals surface area contributed by atoms with Crippen LogP contribution >= 0.6 is 0 Å². The van der Waals surface area contributed by atoms with Crippen molar-refractivity contribution in [1.29, 1.82) is 0 Å². The van der Waals surface area contributed by atoms with Crippen LogP contribution in [0.5, 0.6) is 23.0 Å². The zero-order valence-electron chi connectivity index (χ0n) is 18.7. The molecule has 0 radical (unpaired) electrons. The Bertz CT molecular complexity index is 1180. The topological polar surface area (TPSA) is 105 Å². The summed E-state index contributed by atoms with van der Waals surface area (Å²) in [5.74, 6) is 1.21. The van der Waals surface area contributed by atoms with Crippen molar-refractivity contribution in [3.63, 3.8) is 0 Å². The number of hydrogen-bond donors (Lipinski definition) is 0. The Labute approximate surface area is 192 Å². The molecule has 1 aromatic heterocycles. The molecule has 9 nitrogen and oxygen atoms in total. The zero-order chi connectivity index (χ0) is 24.0. The van der Waals surface area contributed by atoms with E-state index >= 15 is 0 Å². The minimum absolute atomic E-state index is 0.0257. The molecule has 1 heterocycles. The fraction of sp³-hybridized carbons (Fsp3) is 0.261. The molecule has 0 saturated carbocycles. The second-order valence-corrected chi connectivity index (χ2v) is 8.63. The molecule has 0 unspecified atom stereocenters. The van der Waals surface area contributed by atoms with E-state index in [1.165, 1.54) is 38.6 Å². The predicted molar refractivity (Wildman–Crippen MR) is 120 cm³/mol. The van der Waals surface area contributed by atoms with E-state index in [0.717, 1.165) is 6.26 Å². The van der Waals surface area contributed by atoms with Crippen molar-refractivity contribution in [2.75, 3.05) is 27.6 Å². The lowest BCUT2D eigenvalue weighted by Crippen LogP contribution is -2.30. The van der Waals surface area contributed by atoms with Crippen LogP contribution in [0, 0.1) is 0 Å². The average molecular weight is 476 g/mol. The van der Waals surface area contributed by atoms with Gasteiger partial charge < -0.3 is 27.7 Å². The number of methoxy groups -OCH3 is 3. The molecule has 0 spiro atoms. The fourth-order valence-corrected chi connectivity index (χ4v) is 3.73. The van der Waals surface area contributed by atoms with Crippen LogP contribution in [-0.4, -0.2) is 46.8 Å². The molecule has 2 aromatic carbocycles. The maximum atomic E-state index is 13.6. The molecule has 0 fully saturated rings. The maximum Gasteiger partial charge on any atom is 0.306 e. The third-order valence-corrected chi connectivity index (χ3v) is 5.18. The molecule has 1 amide bonds. The summed E-state index contributed by atoms with van der Waals surface area (Å²) in [6.07, 6.45) is 2.47. The van der Waals surface area contributed by atoms with Gasteiger partial charge in [-0.1, -0.05) is 12.1 Å². The SMILES string of the molecule is COc1ccc(CN(Cc2ccco2)C(=O)c2c(OC)cccc2OC)cc1OS(C)(=O)=O. The summed E-state index contributed by atoms with van der Waals surface area (Å²) in [5.41, 5.74) is 0.874. The Morgan fingerprint density at radius 2 is 1.55 bits per heavy atom. The van der Waals surface area contributed by atoms with E-state index in [1.54, 1.807) is 42.5 Å². The molecule has 0 aliphatic heterocycles. The summed E-state index contributed by atoms with van der Waals surface area (Å²) in [6, 6.07) is 13.4. The molecule has 10 heteroatoms. The molecule has 0 bridgehead atoms. The lowest BCUT2D eigenvalue weighted by molar-refractivity contribution is 0.0710. The molecular weight excluding hydrogens is 450 g/mol. The van der Waals surface area contributed by atoms with Gasteiger partial charge in [-0.3, -0.25) is 4.79 Å². The van der Waals surface area contributed by atoms with Crippen molar-refractivity contribution < 1.29 is 36.0 Å². The van der Waals surface area contributed by atoms with Gasteiger partial charge in [0.25, 0.3) is 5.91 Å². The molecule has 0 N–H and O–H groups in total. The summed E-state index contributed by atoms with van der Waals surface area (Å²) in [4.78, 5) is 15.2. The van der Waals surface area contributed by atoms with Gasteiger partial charge in [-0.25, -0.2) is 0 Å². The molecule has 0 aliphatic rings. The smallest absolute Gasteiger partial charge is 0.306 e. The number of ether oxygens (including phenoxy) is 3. The average Bonchev–Trinajstić information content (AvgIpc) is 3.30. The Morgan fingerprint density at radius 1 is 0.879 bits per heavy atom. The molecule has 0 aliphatic carbocycles. The molecule has 33 heavy (non-hydrogen) atoms. The first kappa shape index (κ1) is 24.0. The number of benzene rings is 2. The molecular formula is C23H25NO8S. The highest BCUT2D eigenvalue weighted by Gasteiger charge is 2.25. The first-order chi connectivity index (χ1) is 15.8. The van der Waals surface area contributed by atoms with E-state index in [1.807, 2.05) is 0 Å².